The van der Waals surface area contributed by atoms with E-state index >= 15 is 0 Å². The van der Waals surface area contributed by atoms with Gasteiger partial charge in [-0.05, 0) is 37.3 Å². The summed E-state index contributed by atoms with van der Waals surface area (Å²) in [5, 5.41) is 3.59. The minimum atomic E-state index is -0.102. The van der Waals surface area contributed by atoms with Gasteiger partial charge in [-0.2, -0.15) is 0 Å². The van der Waals surface area contributed by atoms with Crippen molar-refractivity contribution >= 4 is 34.7 Å². The van der Waals surface area contributed by atoms with E-state index < -0.39 is 0 Å². The average Bonchev–Trinajstić information content (AvgIpc) is 2.62. The van der Waals surface area contributed by atoms with Crippen LogP contribution in [0.3, 0.4) is 0 Å². The number of Topliss-reactive ketones (excluding diaryl/α,β-unsaturated/α-hetero) is 1. The number of piperazine rings is 1. The smallest absolute Gasteiger partial charge is 0.238 e. The predicted molar refractivity (Wildman–Crippen MR) is 105 cm³/mol. The van der Waals surface area contributed by atoms with Gasteiger partial charge in [0.25, 0.3) is 0 Å². The molecule has 0 aromatic heterocycles. The Hall–Kier alpha value is -2.37. The van der Waals surface area contributed by atoms with Gasteiger partial charge in [0, 0.05) is 42.5 Å². The van der Waals surface area contributed by atoms with Gasteiger partial charge in [0.15, 0.2) is 5.78 Å². The number of carbonyl (C=O) groups is 2. The normalized spacial score (nSPS) is 14.9. The first-order valence-electron chi connectivity index (χ1n) is 8.65. The molecular weight excluding hydrogens is 350 g/mol. The molecule has 0 spiro atoms. The van der Waals surface area contributed by atoms with Crippen LogP contribution >= 0.6 is 11.6 Å². The Kier molecular flexibility index (Phi) is 5.91. The highest BCUT2D eigenvalue weighted by Gasteiger charge is 2.20. The minimum absolute atomic E-state index is 0.0592. The number of halogens is 1. The second-order valence-electron chi connectivity index (χ2n) is 6.39. The zero-order chi connectivity index (χ0) is 18.5. The third-order valence-corrected chi connectivity index (χ3v) is 4.73. The fraction of sp³-hybridized carbons (Fsp3) is 0.300. The Morgan fingerprint density at radius 3 is 2.46 bits per heavy atom. The van der Waals surface area contributed by atoms with Crippen molar-refractivity contribution < 1.29 is 9.59 Å². The van der Waals surface area contributed by atoms with Crippen molar-refractivity contribution in [1.82, 2.24) is 4.90 Å². The summed E-state index contributed by atoms with van der Waals surface area (Å²) in [7, 11) is 0. The van der Waals surface area contributed by atoms with E-state index in [1.807, 2.05) is 30.3 Å². The number of rotatable bonds is 5. The molecule has 6 heteroatoms. The number of hydrogen-bond acceptors (Lipinski definition) is 4. The van der Waals surface area contributed by atoms with E-state index in [9.17, 15) is 9.59 Å². The molecule has 1 aliphatic heterocycles. The Balaban J connectivity index is 1.53. The van der Waals surface area contributed by atoms with Crippen LogP contribution in [-0.4, -0.2) is 49.3 Å². The lowest BCUT2D eigenvalue weighted by atomic mass is 10.1. The molecule has 0 bridgehead atoms. The molecule has 5 nitrogen and oxygen atoms in total. The number of para-hydroxylation sites is 1. The highest BCUT2D eigenvalue weighted by atomic mass is 35.5. The van der Waals surface area contributed by atoms with E-state index in [0.717, 1.165) is 36.9 Å². The first kappa shape index (κ1) is 18.4. The molecule has 0 radical (unpaired) electrons. The molecule has 1 heterocycles. The molecule has 1 N–H and O–H groups in total. The van der Waals surface area contributed by atoms with Crippen LogP contribution in [0.25, 0.3) is 0 Å². The number of ketones is 1. The van der Waals surface area contributed by atoms with Crippen LogP contribution in [0, 0.1) is 0 Å². The van der Waals surface area contributed by atoms with Gasteiger partial charge in [-0.25, -0.2) is 0 Å². The lowest BCUT2D eigenvalue weighted by Gasteiger charge is -2.35. The SMILES string of the molecule is CC(=O)c1ccccc1NC(=O)CN1CCN(c2cccc(Cl)c2)CC1. The van der Waals surface area contributed by atoms with Gasteiger partial charge in [-0.1, -0.05) is 29.8 Å². The van der Waals surface area contributed by atoms with Gasteiger partial charge in [0.1, 0.15) is 0 Å². The third-order valence-electron chi connectivity index (χ3n) is 4.49. The van der Waals surface area contributed by atoms with Crippen LogP contribution in [-0.2, 0) is 4.79 Å². The Morgan fingerprint density at radius 1 is 1.04 bits per heavy atom. The number of nitrogens with one attached hydrogen (secondary N) is 1. The second-order valence-corrected chi connectivity index (χ2v) is 6.83. The predicted octanol–water partition coefficient (Wildman–Crippen LogP) is 3.30. The summed E-state index contributed by atoms with van der Waals surface area (Å²) < 4.78 is 0. The molecule has 1 aliphatic rings. The topological polar surface area (TPSA) is 52.7 Å². The number of nitrogens with zero attached hydrogens (tertiary/aromatic N) is 2. The first-order chi connectivity index (χ1) is 12.5. The lowest BCUT2D eigenvalue weighted by molar-refractivity contribution is -0.117. The molecular formula is C20H22ClN3O2. The van der Waals surface area contributed by atoms with Crippen LogP contribution in [0.5, 0.6) is 0 Å². The van der Waals surface area contributed by atoms with Crippen molar-refractivity contribution in [2.75, 3.05) is 42.9 Å². The summed E-state index contributed by atoms with van der Waals surface area (Å²) in [4.78, 5) is 28.4. The van der Waals surface area contributed by atoms with Gasteiger partial charge in [-0.15, -0.1) is 0 Å². The van der Waals surface area contributed by atoms with E-state index in [1.165, 1.54) is 6.92 Å². The highest BCUT2D eigenvalue weighted by Crippen LogP contribution is 2.21. The fourth-order valence-corrected chi connectivity index (χ4v) is 3.31. The van der Waals surface area contributed by atoms with Crippen LogP contribution in [0.2, 0.25) is 5.02 Å². The summed E-state index contributed by atoms with van der Waals surface area (Å²) in [6, 6.07) is 14.9. The summed E-state index contributed by atoms with van der Waals surface area (Å²) in [6.07, 6.45) is 0. The molecule has 3 rings (SSSR count). The molecule has 2 aromatic carbocycles. The molecule has 136 valence electrons. The molecule has 0 saturated carbocycles. The van der Waals surface area contributed by atoms with Crippen molar-refractivity contribution in [2.45, 2.75) is 6.92 Å². The van der Waals surface area contributed by atoms with Crippen LogP contribution in [0.15, 0.2) is 48.5 Å². The molecule has 1 fully saturated rings. The molecule has 1 amide bonds. The number of benzene rings is 2. The molecule has 0 unspecified atom stereocenters. The molecule has 0 aliphatic carbocycles. The summed E-state index contributed by atoms with van der Waals surface area (Å²) in [5.41, 5.74) is 2.21. The molecule has 2 aromatic rings. The van der Waals surface area contributed by atoms with Gasteiger partial charge in [-0.3, -0.25) is 14.5 Å². The van der Waals surface area contributed by atoms with Gasteiger partial charge >= 0.3 is 0 Å². The highest BCUT2D eigenvalue weighted by molar-refractivity contribution is 6.30. The van der Waals surface area contributed by atoms with Crippen LogP contribution < -0.4 is 10.2 Å². The van der Waals surface area contributed by atoms with Gasteiger partial charge < -0.3 is 10.2 Å². The number of amides is 1. The van der Waals surface area contributed by atoms with Crippen molar-refractivity contribution in [1.29, 1.82) is 0 Å². The maximum atomic E-state index is 12.4. The summed E-state index contributed by atoms with van der Waals surface area (Å²) >= 11 is 6.06. The van der Waals surface area contributed by atoms with Crippen molar-refractivity contribution in [3.63, 3.8) is 0 Å². The maximum absolute atomic E-state index is 12.4. The zero-order valence-corrected chi connectivity index (χ0v) is 15.5. The Bertz CT molecular complexity index is 801. The quantitative estimate of drug-likeness (QED) is 0.819. The maximum Gasteiger partial charge on any atom is 0.238 e. The minimum Gasteiger partial charge on any atom is -0.369 e. The summed E-state index contributed by atoms with van der Waals surface area (Å²) in [6.45, 7) is 5.10. The Labute approximate surface area is 158 Å². The number of carbonyl (C=O) groups excluding carboxylic acids is 2. The van der Waals surface area contributed by atoms with Crippen molar-refractivity contribution in [3.8, 4) is 0 Å². The third kappa shape index (κ3) is 4.62. The van der Waals surface area contributed by atoms with E-state index in [-0.39, 0.29) is 11.7 Å². The van der Waals surface area contributed by atoms with Crippen molar-refractivity contribution in [3.05, 3.63) is 59.1 Å². The molecule has 0 atom stereocenters. The van der Waals surface area contributed by atoms with E-state index in [0.29, 0.717) is 17.8 Å². The van der Waals surface area contributed by atoms with E-state index in [2.05, 4.69) is 15.1 Å². The van der Waals surface area contributed by atoms with Crippen LogP contribution in [0.4, 0.5) is 11.4 Å². The summed E-state index contributed by atoms with van der Waals surface area (Å²) in [5.74, 6) is -0.161. The second kappa shape index (κ2) is 8.34. The number of hydrogen-bond donors (Lipinski definition) is 1. The number of anilines is 2. The van der Waals surface area contributed by atoms with Crippen LogP contribution in [0.1, 0.15) is 17.3 Å². The largest absolute Gasteiger partial charge is 0.369 e. The van der Waals surface area contributed by atoms with E-state index in [4.69, 9.17) is 11.6 Å². The standard InChI is InChI=1S/C20H22ClN3O2/c1-15(25)18-7-2-3-8-19(18)22-20(26)14-23-9-11-24(12-10-23)17-6-4-5-16(21)13-17/h2-8,13H,9-12,14H2,1H3,(H,22,26). The molecule has 26 heavy (non-hydrogen) atoms. The monoisotopic (exact) mass is 371 g/mol. The first-order valence-corrected chi connectivity index (χ1v) is 9.03. The zero-order valence-electron chi connectivity index (χ0n) is 14.7. The van der Waals surface area contributed by atoms with E-state index in [1.54, 1.807) is 18.2 Å². The fourth-order valence-electron chi connectivity index (χ4n) is 3.13. The average molecular weight is 372 g/mol. The Morgan fingerprint density at radius 2 is 1.77 bits per heavy atom. The van der Waals surface area contributed by atoms with Gasteiger partial charge in [0.05, 0.1) is 12.2 Å². The molecule has 1 saturated heterocycles. The van der Waals surface area contributed by atoms with Crippen molar-refractivity contribution in [2.24, 2.45) is 0 Å². The lowest BCUT2D eigenvalue weighted by Crippen LogP contribution is -2.48. The van der Waals surface area contributed by atoms with Gasteiger partial charge in [0.2, 0.25) is 5.91 Å².